The Morgan fingerprint density at radius 2 is 1.62 bits per heavy atom. The Kier molecular flexibility index (Phi) is 7.48. The van der Waals surface area contributed by atoms with Gasteiger partial charge in [0.05, 0.1) is 18.4 Å². The third-order valence-corrected chi connectivity index (χ3v) is 4.45. The first-order valence-corrected chi connectivity index (χ1v) is 9.64. The molecule has 32 heavy (non-hydrogen) atoms. The molecule has 0 saturated carbocycles. The molecule has 0 bridgehead atoms. The molecule has 0 atom stereocenters. The van der Waals surface area contributed by atoms with Crippen molar-refractivity contribution in [3.05, 3.63) is 101 Å². The lowest BCUT2D eigenvalue weighted by atomic mass is 10.1. The zero-order valence-corrected chi connectivity index (χ0v) is 17.2. The first-order chi connectivity index (χ1) is 15.5. The standard InChI is InChI=1S/C25H20FNO5/c1-31-20-13-6-17(7-14-20)8-15-24(29)27-22-5-3-2-4-21(22)25(30)32-16-23(28)18-9-11-19(26)12-10-18/h2-15H,16H2,1H3,(H,27,29)/b15-8+. The van der Waals surface area contributed by atoms with Crippen molar-refractivity contribution < 1.29 is 28.2 Å². The van der Waals surface area contributed by atoms with E-state index in [1.165, 1.54) is 24.3 Å². The molecule has 0 aliphatic carbocycles. The monoisotopic (exact) mass is 433 g/mol. The van der Waals surface area contributed by atoms with E-state index in [0.29, 0.717) is 5.75 Å². The number of nitrogens with one attached hydrogen (secondary N) is 1. The number of Topliss-reactive ketones (excluding diaryl/α,β-unsaturated/α-hetero) is 1. The maximum absolute atomic E-state index is 13.0. The molecule has 0 heterocycles. The summed E-state index contributed by atoms with van der Waals surface area (Å²) in [6.07, 6.45) is 2.96. The van der Waals surface area contributed by atoms with Crippen LogP contribution in [0.1, 0.15) is 26.3 Å². The number of para-hydroxylation sites is 1. The number of hydrogen-bond donors (Lipinski definition) is 1. The first-order valence-electron chi connectivity index (χ1n) is 9.64. The van der Waals surface area contributed by atoms with Gasteiger partial charge in [-0.05, 0) is 60.2 Å². The van der Waals surface area contributed by atoms with Crippen LogP contribution in [0.2, 0.25) is 0 Å². The summed E-state index contributed by atoms with van der Waals surface area (Å²) in [6, 6.07) is 18.4. The lowest BCUT2D eigenvalue weighted by Crippen LogP contribution is -2.17. The number of methoxy groups -OCH3 is 1. The maximum atomic E-state index is 13.0. The maximum Gasteiger partial charge on any atom is 0.340 e. The minimum Gasteiger partial charge on any atom is -0.497 e. The predicted molar refractivity (Wildman–Crippen MR) is 118 cm³/mol. The lowest BCUT2D eigenvalue weighted by molar-refractivity contribution is -0.111. The van der Waals surface area contributed by atoms with E-state index >= 15 is 0 Å². The van der Waals surface area contributed by atoms with Crippen LogP contribution in [0.25, 0.3) is 6.08 Å². The Balaban J connectivity index is 1.62. The molecule has 3 rings (SSSR count). The predicted octanol–water partition coefficient (Wildman–Crippen LogP) is 4.53. The lowest BCUT2D eigenvalue weighted by Gasteiger charge is -2.10. The highest BCUT2D eigenvalue weighted by atomic mass is 19.1. The van der Waals surface area contributed by atoms with E-state index in [0.717, 1.165) is 17.7 Å². The summed E-state index contributed by atoms with van der Waals surface area (Å²) in [5.41, 5.74) is 1.37. The second kappa shape index (κ2) is 10.7. The van der Waals surface area contributed by atoms with Crippen molar-refractivity contribution in [3.63, 3.8) is 0 Å². The van der Waals surface area contributed by atoms with Gasteiger partial charge in [0.2, 0.25) is 5.91 Å². The molecular weight excluding hydrogens is 413 g/mol. The number of esters is 1. The number of carbonyl (C=O) groups excluding carboxylic acids is 3. The van der Waals surface area contributed by atoms with Gasteiger partial charge in [0, 0.05) is 11.6 Å². The molecule has 0 radical (unpaired) electrons. The largest absolute Gasteiger partial charge is 0.497 e. The topological polar surface area (TPSA) is 81.7 Å². The zero-order chi connectivity index (χ0) is 22.9. The minimum absolute atomic E-state index is 0.102. The number of ether oxygens (including phenoxy) is 2. The van der Waals surface area contributed by atoms with Gasteiger partial charge in [-0.1, -0.05) is 24.3 Å². The Morgan fingerprint density at radius 3 is 2.31 bits per heavy atom. The summed E-state index contributed by atoms with van der Waals surface area (Å²) in [7, 11) is 1.57. The number of hydrogen-bond acceptors (Lipinski definition) is 5. The quantitative estimate of drug-likeness (QED) is 0.321. The van der Waals surface area contributed by atoms with E-state index in [2.05, 4.69) is 5.32 Å². The zero-order valence-electron chi connectivity index (χ0n) is 17.2. The Labute approximate surface area is 184 Å². The summed E-state index contributed by atoms with van der Waals surface area (Å²) in [4.78, 5) is 36.9. The van der Waals surface area contributed by atoms with Crippen LogP contribution in [-0.4, -0.2) is 31.4 Å². The summed E-state index contributed by atoms with van der Waals surface area (Å²) < 4.78 is 23.2. The summed E-state index contributed by atoms with van der Waals surface area (Å²) in [6.45, 7) is -0.510. The molecule has 7 heteroatoms. The van der Waals surface area contributed by atoms with Crippen molar-refractivity contribution >= 4 is 29.4 Å². The number of benzene rings is 3. The van der Waals surface area contributed by atoms with Crippen LogP contribution in [0.15, 0.2) is 78.9 Å². The Bertz CT molecular complexity index is 1140. The van der Waals surface area contributed by atoms with Crippen LogP contribution in [0.4, 0.5) is 10.1 Å². The molecule has 1 amide bonds. The van der Waals surface area contributed by atoms with Crippen LogP contribution in [0.3, 0.4) is 0 Å². The van der Waals surface area contributed by atoms with Crippen LogP contribution in [0.5, 0.6) is 5.75 Å². The van der Waals surface area contributed by atoms with E-state index in [-0.39, 0.29) is 16.8 Å². The molecule has 6 nitrogen and oxygen atoms in total. The third kappa shape index (κ3) is 6.12. The van der Waals surface area contributed by atoms with Crippen LogP contribution >= 0.6 is 0 Å². The number of anilines is 1. The van der Waals surface area contributed by atoms with Gasteiger partial charge in [-0.25, -0.2) is 9.18 Å². The Morgan fingerprint density at radius 1 is 0.938 bits per heavy atom. The molecule has 0 fully saturated rings. The number of halogens is 1. The van der Waals surface area contributed by atoms with Crippen molar-refractivity contribution in [2.75, 3.05) is 19.0 Å². The number of amides is 1. The third-order valence-electron chi connectivity index (χ3n) is 4.45. The molecule has 0 aliphatic heterocycles. The highest BCUT2D eigenvalue weighted by Gasteiger charge is 2.16. The van der Waals surface area contributed by atoms with Crippen LogP contribution in [0, 0.1) is 5.82 Å². The minimum atomic E-state index is -0.768. The average Bonchev–Trinajstić information content (AvgIpc) is 2.82. The van der Waals surface area contributed by atoms with E-state index in [1.807, 2.05) is 0 Å². The van der Waals surface area contributed by atoms with Gasteiger partial charge in [0.25, 0.3) is 0 Å². The highest BCUT2D eigenvalue weighted by molar-refractivity contribution is 6.07. The molecule has 0 aliphatic rings. The van der Waals surface area contributed by atoms with Crippen molar-refractivity contribution in [2.45, 2.75) is 0 Å². The fourth-order valence-electron chi connectivity index (χ4n) is 2.76. The molecule has 0 aromatic heterocycles. The first kappa shape index (κ1) is 22.4. The molecule has 0 unspecified atom stereocenters. The average molecular weight is 433 g/mol. The number of carbonyl (C=O) groups is 3. The summed E-state index contributed by atoms with van der Waals surface area (Å²) in [5.74, 6) is -1.44. The smallest absolute Gasteiger partial charge is 0.340 e. The molecule has 3 aromatic carbocycles. The van der Waals surface area contributed by atoms with Gasteiger partial charge in [-0.2, -0.15) is 0 Å². The second-order valence-corrected chi connectivity index (χ2v) is 6.65. The second-order valence-electron chi connectivity index (χ2n) is 6.65. The van der Waals surface area contributed by atoms with Crippen molar-refractivity contribution in [1.29, 1.82) is 0 Å². The molecule has 162 valence electrons. The summed E-state index contributed by atoms with van der Waals surface area (Å²) >= 11 is 0. The van der Waals surface area contributed by atoms with Gasteiger partial charge >= 0.3 is 5.97 Å². The van der Waals surface area contributed by atoms with E-state index in [1.54, 1.807) is 55.7 Å². The fourth-order valence-corrected chi connectivity index (χ4v) is 2.76. The number of rotatable bonds is 8. The van der Waals surface area contributed by atoms with Gasteiger partial charge in [-0.15, -0.1) is 0 Å². The molecule has 0 saturated heterocycles. The van der Waals surface area contributed by atoms with Crippen LogP contribution in [-0.2, 0) is 9.53 Å². The van der Waals surface area contributed by atoms with E-state index in [4.69, 9.17) is 9.47 Å². The molecular formula is C25H20FNO5. The normalized spacial score (nSPS) is 10.6. The number of ketones is 1. The van der Waals surface area contributed by atoms with Crippen molar-refractivity contribution in [2.24, 2.45) is 0 Å². The highest BCUT2D eigenvalue weighted by Crippen LogP contribution is 2.17. The fraction of sp³-hybridized carbons (Fsp3) is 0.0800. The molecule has 3 aromatic rings. The molecule has 1 N–H and O–H groups in total. The van der Waals surface area contributed by atoms with E-state index < -0.39 is 30.1 Å². The van der Waals surface area contributed by atoms with E-state index in [9.17, 15) is 18.8 Å². The van der Waals surface area contributed by atoms with Crippen molar-refractivity contribution in [3.8, 4) is 5.75 Å². The summed E-state index contributed by atoms with van der Waals surface area (Å²) in [5, 5.41) is 2.63. The SMILES string of the molecule is COc1ccc(/C=C/C(=O)Nc2ccccc2C(=O)OCC(=O)c2ccc(F)cc2)cc1. The van der Waals surface area contributed by atoms with Gasteiger partial charge < -0.3 is 14.8 Å². The Hall–Kier alpha value is -4.26. The van der Waals surface area contributed by atoms with Crippen molar-refractivity contribution in [1.82, 2.24) is 0 Å². The van der Waals surface area contributed by atoms with Gasteiger partial charge in [0.15, 0.2) is 12.4 Å². The van der Waals surface area contributed by atoms with Gasteiger partial charge in [-0.3, -0.25) is 9.59 Å². The van der Waals surface area contributed by atoms with Crippen LogP contribution < -0.4 is 10.1 Å². The van der Waals surface area contributed by atoms with Gasteiger partial charge in [0.1, 0.15) is 11.6 Å². The molecule has 0 spiro atoms.